The van der Waals surface area contributed by atoms with Crippen LogP contribution in [0, 0.1) is 10.1 Å². The molecule has 0 spiro atoms. The molecule has 0 unspecified atom stereocenters. The molecule has 0 fully saturated rings. The number of nitro benzene ring substituents is 1. The van der Waals surface area contributed by atoms with Crippen LogP contribution < -0.4 is 4.90 Å². The van der Waals surface area contributed by atoms with Gasteiger partial charge in [0, 0.05) is 67.1 Å². The summed E-state index contributed by atoms with van der Waals surface area (Å²) in [6.07, 6.45) is 0.638. The summed E-state index contributed by atoms with van der Waals surface area (Å²) in [4.78, 5) is 27.5. The fourth-order valence-corrected chi connectivity index (χ4v) is 3.80. The number of aromatic amines is 1. The second-order valence-electron chi connectivity index (χ2n) is 7.37. The van der Waals surface area contributed by atoms with Crippen LogP contribution in [0.2, 0.25) is 5.02 Å². The van der Waals surface area contributed by atoms with E-state index in [4.69, 9.17) is 11.6 Å². The van der Waals surface area contributed by atoms with Crippen molar-refractivity contribution >= 4 is 28.9 Å². The van der Waals surface area contributed by atoms with Gasteiger partial charge in [-0.3, -0.25) is 20.0 Å². The Balaban J connectivity index is 1.63. The third kappa shape index (κ3) is 3.61. The molecule has 30 heavy (non-hydrogen) atoms. The molecule has 1 aliphatic heterocycles. The third-order valence-electron chi connectivity index (χ3n) is 5.24. The lowest BCUT2D eigenvalue weighted by atomic mass is 10.00. The van der Waals surface area contributed by atoms with Gasteiger partial charge in [-0.05, 0) is 24.3 Å². The molecule has 2 aromatic carbocycles. The van der Waals surface area contributed by atoms with E-state index in [9.17, 15) is 14.9 Å². The molecule has 0 bridgehead atoms. The molecule has 2 heterocycles. The van der Waals surface area contributed by atoms with Crippen molar-refractivity contribution in [1.82, 2.24) is 15.1 Å². The molecule has 3 aromatic rings. The lowest BCUT2D eigenvalue weighted by molar-refractivity contribution is -0.384. The quantitative estimate of drug-likeness (QED) is 0.505. The molecule has 9 heteroatoms. The smallest absolute Gasteiger partial charge is 0.293 e. The van der Waals surface area contributed by atoms with E-state index in [1.165, 1.54) is 6.07 Å². The SMILES string of the molecule is CN(C)c1ccc(C(=O)N2CCc3[nH]nc(-c4ccc(Cl)cc4)c3C2)cc1[N+](=O)[O-]. The summed E-state index contributed by atoms with van der Waals surface area (Å²) < 4.78 is 0. The van der Waals surface area contributed by atoms with E-state index >= 15 is 0 Å². The Morgan fingerprint density at radius 3 is 2.63 bits per heavy atom. The standard InChI is InChI=1S/C21H20ClN5O3/c1-25(2)18-8-5-14(11-19(18)27(29)30)21(28)26-10-9-17-16(12-26)20(24-23-17)13-3-6-15(22)7-4-13/h3-8,11H,9-10,12H2,1-2H3,(H,23,24). The first kappa shape index (κ1) is 19.9. The molecular formula is C21H20ClN5O3. The monoisotopic (exact) mass is 425 g/mol. The van der Waals surface area contributed by atoms with Gasteiger partial charge in [0.2, 0.25) is 0 Å². The van der Waals surface area contributed by atoms with Gasteiger partial charge >= 0.3 is 0 Å². The largest absolute Gasteiger partial charge is 0.372 e. The maximum absolute atomic E-state index is 13.1. The van der Waals surface area contributed by atoms with Crippen LogP contribution in [-0.2, 0) is 13.0 Å². The first-order valence-electron chi connectivity index (χ1n) is 9.42. The lowest BCUT2D eigenvalue weighted by Crippen LogP contribution is -2.36. The topological polar surface area (TPSA) is 95.4 Å². The fraction of sp³-hybridized carbons (Fsp3) is 0.238. The van der Waals surface area contributed by atoms with Crippen molar-refractivity contribution in [3.63, 3.8) is 0 Å². The minimum Gasteiger partial charge on any atom is -0.372 e. The van der Waals surface area contributed by atoms with Gasteiger partial charge in [0.05, 0.1) is 10.6 Å². The number of nitrogens with zero attached hydrogens (tertiary/aromatic N) is 4. The second kappa shape index (κ2) is 7.79. The van der Waals surface area contributed by atoms with Gasteiger partial charge in [-0.2, -0.15) is 5.10 Å². The number of hydrogen-bond acceptors (Lipinski definition) is 5. The molecule has 0 radical (unpaired) electrons. The third-order valence-corrected chi connectivity index (χ3v) is 5.49. The number of aromatic nitrogens is 2. The highest BCUT2D eigenvalue weighted by Crippen LogP contribution is 2.31. The molecule has 1 amide bonds. The number of H-pyrrole nitrogens is 1. The molecule has 0 saturated heterocycles. The number of benzene rings is 2. The summed E-state index contributed by atoms with van der Waals surface area (Å²) >= 11 is 5.98. The number of anilines is 1. The zero-order chi connectivity index (χ0) is 21.4. The summed E-state index contributed by atoms with van der Waals surface area (Å²) in [6.45, 7) is 0.892. The van der Waals surface area contributed by atoms with Crippen LogP contribution in [0.25, 0.3) is 11.3 Å². The predicted octanol–water partition coefficient (Wildman–Crippen LogP) is 3.90. The highest BCUT2D eigenvalue weighted by molar-refractivity contribution is 6.30. The van der Waals surface area contributed by atoms with Gasteiger partial charge in [-0.1, -0.05) is 23.7 Å². The van der Waals surface area contributed by atoms with Gasteiger partial charge in [-0.25, -0.2) is 0 Å². The average molecular weight is 426 g/mol. The number of rotatable bonds is 4. The highest BCUT2D eigenvalue weighted by atomic mass is 35.5. The van der Waals surface area contributed by atoms with E-state index < -0.39 is 4.92 Å². The van der Waals surface area contributed by atoms with Crippen LogP contribution in [0.4, 0.5) is 11.4 Å². The molecule has 154 valence electrons. The van der Waals surface area contributed by atoms with Crippen molar-refractivity contribution in [2.75, 3.05) is 25.5 Å². The number of carbonyl (C=O) groups excluding carboxylic acids is 1. The van der Waals surface area contributed by atoms with E-state index in [1.54, 1.807) is 48.2 Å². The Morgan fingerprint density at radius 1 is 1.23 bits per heavy atom. The average Bonchev–Trinajstić information content (AvgIpc) is 3.16. The first-order chi connectivity index (χ1) is 14.3. The normalized spacial score (nSPS) is 13.1. The lowest BCUT2D eigenvalue weighted by Gasteiger charge is -2.27. The predicted molar refractivity (Wildman–Crippen MR) is 115 cm³/mol. The summed E-state index contributed by atoms with van der Waals surface area (Å²) in [6, 6.07) is 12.0. The van der Waals surface area contributed by atoms with Crippen LogP contribution in [-0.4, -0.2) is 46.6 Å². The van der Waals surface area contributed by atoms with Crippen LogP contribution in [0.5, 0.6) is 0 Å². The zero-order valence-corrected chi connectivity index (χ0v) is 17.3. The van der Waals surface area contributed by atoms with Gasteiger partial charge in [0.1, 0.15) is 5.69 Å². The molecular weight excluding hydrogens is 406 g/mol. The minimum absolute atomic E-state index is 0.0892. The molecule has 4 rings (SSSR count). The van der Waals surface area contributed by atoms with Crippen molar-refractivity contribution in [3.05, 3.63) is 74.4 Å². The van der Waals surface area contributed by atoms with E-state index in [-0.39, 0.29) is 11.6 Å². The number of nitrogens with one attached hydrogen (secondary N) is 1. The van der Waals surface area contributed by atoms with Crippen LogP contribution in [0.15, 0.2) is 42.5 Å². The Morgan fingerprint density at radius 2 is 1.97 bits per heavy atom. The van der Waals surface area contributed by atoms with Crippen LogP contribution in [0.3, 0.4) is 0 Å². The maximum atomic E-state index is 13.1. The Hall–Kier alpha value is -3.39. The molecule has 8 nitrogen and oxygen atoms in total. The Kier molecular flexibility index (Phi) is 5.17. The number of nitro groups is 1. The van der Waals surface area contributed by atoms with Crippen molar-refractivity contribution in [2.24, 2.45) is 0 Å². The summed E-state index contributed by atoms with van der Waals surface area (Å²) in [7, 11) is 3.46. The van der Waals surface area contributed by atoms with Crippen LogP contribution >= 0.6 is 11.6 Å². The van der Waals surface area contributed by atoms with Crippen molar-refractivity contribution < 1.29 is 9.72 Å². The van der Waals surface area contributed by atoms with Gasteiger partial charge < -0.3 is 9.80 Å². The van der Waals surface area contributed by atoms with E-state index in [2.05, 4.69) is 10.2 Å². The van der Waals surface area contributed by atoms with E-state index in [0.29, 0.717) is 35.8 Å². The Bertz CT molecular complexity index is 1120. The highest BCUT2D eigenvalue weighted by Gasteiger charge is 2.28. The fourth-order valence-electron chi connectivity index (χ4n) is 3.68. The summed E-state index contributed by atoms with van der Waals surface area (Å²) in [5, 5.41) is 19.6. The van der Waals surface area contributed by atoms with Crippen molar-refractivity contribution in [3.8, 4) is 11.3 Å². The number of halogens is 1. The molecule has 0 saturated carbocycles. The maximum Gasteiger partial charge on any atom is 0.293 e. The second-order valence-corrected chi connectivity index (χ2v) is 7.80. The zero-order valence-electron chi connectivity index (χ0n) is 16.6. The number of hydrogen-bond donors (Lipinski definition) is 1. The van der Waals surface area contributed by atoms with Gasteiger partial charge in [0.25, 0.3) is 11.6 Å². The first-order valence-corrected chi connectivity index (χ1v) is 9.80. The molecule has 0 atom stereocenters. The van der Waals surface area contributed by atoms with Crippen molar-refractivity contribution in [2.45, 2.75) is 13.0 Å². The van der Waals surface area contributed by atoms with Crippen LogP contribution in [0.1, 0.15) is 21.6 Å². The summed E-state index contributed by atoms with van der Waals surface area (Å²) in [5.41, 5.74) is 4.32. The summed E-state index contributed by atoms with van der Waals surface area (Å²) in [5.74, 6) is -0.239. The molecule has 1 aliphatic rings. The van der Waals surface area contributed by atoms with E-state index in [0.717, 1.165) is 22.5 Å². The number of fused-ring (bicyclic) bond motifs is 1. The molecule has 1 N–H and O–H groups in total. The molecule has 1 aromatic heterocycles. The number of carbonyl (C=O) groups is 1. The van der Waals surface area contributed by atoms with Gasteiger partial charge in [0.15, 0.2) is 0 Å². The van der Waals surface area contributed by atoms with Gasteiger partial charge in [-0.15, -0.1) is 0 Å². The molecule has 0 aliphatic carbocycles. The number of amides is 1. The minimum atomic E-state index is -0.463. The van der Waals surface area contributed by atoms with E-state index in [1.807, 2.05) is 12.1 Å². The Labute approximate surface area is 178 Å². The van der Waals surface area contributed by atoms with Crippen molar-refractivity contribution in [1.29, 1.82) is 0 Å².